The number of primary amides is 1. The summed E-state index contributed by atoms with van der Waals surface area (Å²) in [6.07, 6.45) is 2.27. The highest BCUT2D eigenvalue weighted by Crippen LogP contribution is 2.09. The average molecular weight is 411 g/mol. The van der Waals surface area contributed by atoms with Crippen LogP contribution in [0.25, 0.3) is 0 Å². The lowest BCUT2D eigenvalue weighted by atomic mass is 10.1. The molecule has 0 saturated carbocycles. The molecule has 28 heavy (non-hydrogen) atoms. The highest BCUT2D eigenvalue weighted by Gasteiger charge is 2.08. The number of nitrogens with two attached hydrogens (primary N) is 1. The van der Waals surface area contributed by atoms with Gasteiger partial charge in [-0.05, 0) is 12.8 Å². The zero-order chi connectivity index (χ0) is 21.8. The minimum Gasteiger partial charge on any atom is -0.465 e. The monoisotopic (exact) mass is 411 g/mol. The molecule has 7 N–H and O–H groups in total. The van der Waals surface area contributed by atoms with Crippen LogP contribution >= 0.6 is 0 Å². The van der Waals surface area contributed by atoms with E-state index in [4.69, 9.17) is 39.8 Å². The second kappa shape index (κ2) is 19.8. The van der Waals surface area contributed by atoms with Gasteiger partial charge in [0.25, 0.3) is 0 Å². The van der Waals surface area contributed by atoms with Crippen LogP contribution in [0.5, 0.6) is 0 Å². The fourth-order valence-corrected chi connectivity index (χ4v) is 1.87. The van der Waals surface area contributed by atoms with Crippen molar-refractivity contribution in [2.24, 2.45) is 5.73 Å². The van der Waals surface area contributed by atoms with Crippen LogP contribution in [0.1, 0.15) is 51.4 Å². The van der Waals surface area contributed by atoms with Crippen molar-refractivity contribution in [1.82, 2.24) is 0 Å². The molecule has 0 aromatic carbocycles. The molecule has 0 aliphatic carbocycles. The molecule has 0 bridgehead atoms. The van der Waals surface area contributed by atoms with Gasteiger partial charge in [-0.2, -0.15) is 0 Å². The Morgan fingerprint density at radius 2 is 1.00 bits per heavy atom. The van der Waals surface area contributed by atoms with Gasteiger partial charge in [0.15, 0.2) is 0 Å². The molecule has 11 heteroatoms. The maximum Gasteiger partial charge on any atom is 0.402 e. The van der Waals surface area contributed by atoms with Crippen LogP contribution in [-0.4, -0.2) is 82.2 Å². The molecule has 0 aromatic rings. The van der Waals surface area contributed by atoms with Crippen molar-refractivity contribution in [3.63, 3.8) is 0 Å². The molecule has 0 rings (SSSR count). The van der Waals surface area contributed by atoms with Crippen LogP contribution < -0.4 is 5.73 Å². The predicted octanol–water partition coefficient (Wildman–Crippen LogP) is -0.477. The van der Waals surface area contributed by atoms with Gasteiger partial charge in [0.2, 0.25) is 0 Å². The van der Waals surface area contributed by atoms with Crippen molar-refractivity contribution < 1.29 is 49.4 Å². The molecule has 0 spiro atoms. The van der Waals surface area contributed by atoms with Crippen LogP contribution in [0.2, 0.25) is 0 Å². The van der Waals surface area contributed by atoms with E-state index in [9.17, 15) is 9.59 Å². The topological polar surface area (TPSA) is 197 Å². The van der Waals surface area contributed by atoms with Crippen molar-refractivity contribution in [3.05, 3.63) is 0 Å². The van der Waals surface area contributed by atoms with E-state index in [2.05, 4.69) is 5.73 Å². The summed E-state index contributed by atoms with van der Waals surface area (Å²) in [6.45, 7) is -1.22. The Morgan fingerprint density at radius 3 is 1.29 bits per heavy atom. The van der Waals surface area contributed by atoms with Crippen molar-refractivity contribution in [3.8, 4) is 0 Å². The molecule has 0 aliphatic rings. The quantitative estimate of drug-likeness (QED) is 0.151. The summed E-state index contributed by atoms with van der Waals surface area (Å²) < 4.78 is 9.56. The Kier molecular flexibility index (Phi) is 20.0. The van der Waals surface area contributed by atoms with Crippen LogP contribution in [0, 0.1) is 0 Å². The Labute approximate surface area is 164 Å². The number of ether oxygens (including phenoxy) is 2. The van der Waals surface area contributed by atoms with E-state index in [-0.39, 0.29) is 38.0 Å². The molecule has 166 valence electrons. The van der Waals surface area contributed by atoms with Gasteiger partial charge in [0, 0.05) is 12.8 Å². The third-order valence-corrected chi connectivity index (χ3v) is 3.31. The second-order valence-corrected chi connectivity index (χ2v) is 6.00. The lowest BCUT2D eigenvalue weighted by molar-refractivity contribution is -0.148. The summed E-state index contributed by atoms with van der Waals surface area (Å²) in [5.41, 5.74) is 4.03. The summed E-state index contributed by atoms with van der Waals surface area (Å²) in [4.78, 5) is 31.4. The van der Waals surface area contributed by atoms with Crippen molar-refractivity contribution >= 4 is 18.0 Å². The van der Waals surface area contributed by atoms with Crippen LogP contribution in [0.15, 0.2) is 0 Å². The molecule has 0 heterocycles. The molecule has 0 aromatic heterocycles. The highest BCUT2D eigenvalue weighted by atomic mass is 16.5. The predicted molar refractivity (Wildman–Crippen MR) is 97.3 cm³/mol. The first-order valence-electron chi connectivity index (χ1n) is 9.10. The van der Waals surface area contributed by atoms with E-state index >= 15 is 0 Å². The third-order valence-electron chi connectivity index (χ3n) is 3.31. The van der Waals surface area contributed by atoms with Gasteiger partial charge in [-0.1, -0.05) is 25.7 Å². The fourth-order valence-electron chi connectivity index (χ4n) is 1.87. The number of unbranched alkanes of at least 4 members (excludes halogenated alkanes) is 5. The van der Waals surface area contributed by atoms with Gasteiger partial charge in [0.1, 0.15) is 25.4 Å². The van der Waals surface area contributed by atoms with Gasteiger partial charge < -0.3 is 40.7 Å². The lowest BCUT2D eigenvalue weighted by Gasteiger charge is -2.08. The number of carbonyl (C=O) groups excluding carboxylic acids is 2. The number of hydrogen-bond acceptors (Lipinski definition) is 9. The molecule has 0 fully saturated rings. The second-order valence-electron chi connectivity index (χ2n) is 6.00. The number of esters is 2. The number of carboxylic acid groups (broad SMARTS) is 1. The van der Waals surface area contributed by atoms with Crippen LogP contribution in [0.3, 0.4) is 0 Å². The number of amides is 1. The molecule has 2 unspecified atom stereocenters. The number of aliphatic hydroxyl groups is 4. The maximum atomic E-state index is 11.3. The van der Waals surface area contributed by atoms with E-state index in [1.807, 2.05) is 0 Å². The van der Waals surface area contributed by atoms with Crippen molar-refractivity contribution in [2.75, 3.05) is 26.4 Å². The molecule has 0 saturated heterocycles. The largest absolute Gasteiger partial charge is 0.465 e. The standard InChI is InChI=1S/C16H30O8.CH3NO2/c17-9-13(19)11-23-15(21)7-5-3-1-2-4-6-8-16(22)24-12-14(20)10-18;2-1(3)4/h13-14,17-20H,1-12H2;2H2,(H,3,4). The van der Waals surface area contributed by atoms with E-state index in [1.165, 1.54) is 0 Å². The van der Waals surface area contributed by atoms with Gasteiger partial charge in [0.05, 0.1) is 13.2 Å². The molecular weight excluding hydrogens is 378 g/mol. The van der Waals surface area contributed by atoms with Gasteiger partial charge in [-0.25, -0.2) is 4.79 Å². The summed E-state index contributed by atoms with van der Waals surface area (Å²) in [6, 6.07) is 0. The van der Waals surface area contributed by atoms with Gasteiger partial charge in [-0.15, -0.1) is 0 Å². The first-order chi connectivity index (χ1) is 13.2. The third kappa shape index (κ3) is 24.1. The Hall–Kier alpha value is -1.95. The first kappa shape index (κ1) is 28.3. The summed E-state index contributed by atoms with van der Waals surface area (Å²) in [5.74, 6) is -0.759. The zero-order valence-electron chi connectivity index (χ0n) is 16.0. The van der Waals surface area contributed by atoms with E-state index in [0.717, 1.165) is 25.7 Å². The molecule has 1 amide bonds. The molecule has 2 atom stereocenters. The Morgan fingerprint density at radius 1 is 0.714 bits per heavy atom. The lowest BCUT2D eigenvalue weighted by Crippen LogP contribution is -2.21. The number of rotatable bonds is 15. The molecular formula is C17H33NO10. The Balaban J connectivity index is 0. The van der Waals surface area contributed by atoms with Crippen molar-refractivity contribution in [1.29, 1.82) is 0 Å². The molecule has 0 aliphatic heterocycles. The SMILES string of the molecule is NC(=O)O.O=C(CCCCCCCCC(=O)OCC(O)CO)OCC(O)CO. The Bertz CT molecular complexity index is 383. The smallest absolute Gasteiger partial charge is 0.402 e. The summed E-state index contributed by atoms with van der Waals surface area (Å²) in [5, 5.41) is 42.4. The normalized spacial score (nSPS) is 12.3. The van der Waals surface area contributed by atoms with E-state index in [1.54, 1.807) is 0 Å². The minimum absolute atomic E-state index is 0.180. The molecule has 11 nitrogen and oxygen atoms in total. The van der Waals surface area contributed by atoms with Crippen LogP contribution in [-0.2, 0) is 19.1 Å². The summed E-state index contributed by atoms with van der Waals surface area (Å²) >= 11 is 0. The number of carbonyl (C=O) groups is 3. The average Bonchev–Trinajstić information content (AvgIpc) is 2.65. The zero-order valence-corrected chi connectivity index (χ0v) is 16.0. The van der Waals surface area contributed by atoms with E-state index in [0.29, 0.717) is 12.8 Å². The van der Waals surface area contributed by atoms with Gasteiger partial charge in [-0.3, -0.25) is 9.59 Å². The van der Waals surface area contributed by atoms with Crippen LogP contribution in [0.4, 0.5) is 4.79 Å². The van der Waals surface area contributed by atoms with Crippen molar-refractivity contribution in [2.45, 2.75) is 63.6 Å². The molecule has 0 radical (unpaired) electrons. The number of aliphatic hydroxyl groups excluding tert-OH is 4. The van der Waals surface area contributed by atoms with E-state index < -0.39 is 31.5 Å². The maximum absolute atomic E-state index is 11.3. The minimum atomic E-state index is -1.33. The fraction of sp³-hybridized carbons (Fsp3) is 0.824. The highest BCUT2D eigenvalue weighted by molar-refractivity contribution is 5.69. The number of hydrogen-bond donors (Lipinski definition) is 6. The van der Waals surface area contributed by atoms with Gasteiger partial charge >= 0.3 is 18.0 Å². The summed E-state index contributed by atoms with van der Waals surface area (Å²) in [7, 11) is 0. The first-order valence-corrected chi connectivity index (χ1v) is 9.10.